The molecule has 0 atom stereocenters. The van der Waals surface area contributed by atoms with Crippen LogP contribution in [0.5, 0.6) is 5.75 Å². The van der Waals surface area contributed by atoms with Crippen LogP contribution in [0, 0.1) is 17.1 Å². The zero-order chi connectivity index (χ0) is 19.6. The molecule has 1 aromatic carbocycles. The van der Waals surface area contributed by atoms with Crippen LogP contribution in [0.3, 0.4) is 0 Å². The highest BCUT2D eigenvalue weighted by molar-refractivity contribution is 6.10. The summed E-state index contributed by atoms with van der Waals surface area (Å²) in [7, 11) is 0. The summed E-state index contributed by atoms with van der Waals surface area (Å²) in [5.74, 6) is -1.65. The molecule has 8 heteroatoms. The van der Waals surface area contributed by atoms with Gasteiger partial charge in [-0.2, -0.15) is 10.2 Å². The first kappa shape index (κ1) is 20.2. The van der Waals surface area contributed by atoms with Crippen LogP contribution in [0.2, 0.25) is 0 Å². The Kier molecular flexibility index (Phi) is 5.64. The lowest BCUT2D eigenvalue weighted by Gasteiger charge is -2.29. The Balaban J connectivity index is 3.50. The number of hydrogen-bond acceptors (Lipinski definition) is 6. The molecule has 1 N–H and O–H groups in total. The monoisotopic (exact) mass is 352 g/mol. The van der Waals surface area contributed by atoms with Crippen LogP contribution in [0.25, 0.3) is 0 Å². The van der Waals surface area contributed by atoms with Gasteiger partial charge in [0.05, 0.1) is 5.69 Å². The number of carbonyl (C=O) groups is 2. The predicted octanol–water partition coefficient (Wildman–Crippen LogP) is 4.08. The fraction of sp³-hybridized carbons (Fsp3) is 0.471. The highest BCUT2D eigenvalue weighted by atomic mass is 19.1. The van der Waals surface area contributed by atoms with Crippen molar-refractivity contribution in [3.63, 3.8) is 0 Å². The van der Waals surface area contributed by atoms with Gasteiger partial charge < -0.3 is 14.6 Å². The van der Waals surface area contributed by atoms with Gasteiger partial charge in [-0.05, 0) is 47.6 Å². The lowest BCUT2D eigenvalue weighted by atomic mass is 10.1. The number of anilines is 1. The quantitative estimate of drug-likeness (QED) is 0.817. The molecule has 1 aromatic rings. The summed E-state index contributed by atoms with van der Waals surface area (Å²) in [5, 5.41) is 19.0. The number of phenols is 1. The first-order valence-electron chi connectivity index (χ1n) is 7.44. The van der Waals surface area contributed by atoms with Crippen molar-refractivity contribution in [1.82, 2.24) is 0 Å². The number of rotatable bonds is 1. The van der Waals surface area contributed by atoms with Crippen molar-refractivity contribution < 1.29 is 28.6 Å². The number of ether oxygens (including phenoxy) is 2. The van der Waals surface area contributed by atoms with Gasteiger partial charge in [0, 0.05) is 6.07 Å². The van der Waals surface area contributed by atoms with E-state index in [9.17, 15) is 24.3 Å². The van der Waals surface area contributed by atoms with E-state index in [-0.39, 0.29) is 0 Å². The normalized spacial score (nSPS) is 11.4. The average molecular weight is 352 g/mol. The molecule has 0 fully saturated rings. The fourth-order valence-electron chi connectivity index (χ4n) is 1.76. The van der Waals surface area contributed by atoms with Crippen molar-refractivity contribution in [1.29, 1.82) is 5.26 Å². The van der Waals surface area contributed by atoms with Crippen LogP contribution in [-0.4, -0.2) is 28.5 Å². The number of imide groups is 1. The summed E-state index contributed by atoms with van der Waals surface area (Å²) >= 11 is 0. The summed E-state index contributed by atoms with van der Waals surface area (Å²) in [6.07, 6.45) is -2.33. The number of benzene rings is 1. The van der Waals surface area contributed by atoms with E-state index in [1.165, 1.54) is 0 Å². The molecule has 0 aliphatic heterocycles. The first-order valence-corrected chi connectivity index (χ1v) is 7.44. The van der Waals surface area contributed by atoms with Gasteiger partial charge in [0.1, 0.15) is 34.4 Å². The average Bonchev–Trinajstić information content (AvgIpc) is 2.33. The van der Waals surface area contributed by atoms with Gasteiger partial charge in [-0.1, -0.05) is 0 Å². The molecular formula is C17H21FN2O5. The summed E-state index contributed by atoms with van der Waals surface area (Å²) in [5.41, 5.74) is -2.85. The van der Waals surface area contributed by atoms with Crippen LogP contribution in [0.4, 0.5) is 19.7 Å². The number of amides is 2. The van der Waals surface area contributed by atoms with Crippen LogP contribution >= 0.6 is 0 Å². The second kappa shape index (κ2) is 6.97. The van der Waals surface area contributed by atoms with Crippen LogP contribution < -0.4 is 4.90 Å². The van der Waals surface area contributed by atoms with Crippen molar-refractivity contribution in [2.24, 2.45) is 0 Å². The molecule has 0 aliphatic carbocycles. The molecule has 0 aromatic heterocycles. The maximum Gasteiger partial charge on any atom is 0.424 e. The van der Waals surface area contributed by atoms with Crippen molar-refractivity contribution in [3.05, 3.63) is 23.5 Å². The minimum atomic E-state index is -1.16. The third kappa shape index (κ3) is 5.64. The van der Waals surface area contributed by atoms with E-state index in [1.807, 2.05) is 0 Å². The Morgan fingerprint density at radius 1 is 1.08 bits per heavy atom. The number of phenolic OH excluding ortho intramolecular Hbond substituents is 1. The predicted molar refractivity (Wildman–Crippen MR) is 87.7 cm³/mol. The fourth-order valence-corrected chi connectivity index (χ4v) is 1.76. The lowest BCUT2D eigenvalue weighted by molar-refractivity contribution is 0.0430. The standard InChI is InChI=1S/C17H21FN2O5/c1-16(2,3)24-14(22)20(15(23)25-17(4,5)6)12-7-10(18)8-13(21)11(12)9-19/h7-8,21H,1-6H3. The smallest absolute Gasteiger partial charge is 0.424 e. The molecule has 0 bridgehead atoms. The van der Waals surface area contributed by atoms with E-state index in [1.54, 1.807) is 47.6 Å². The number of carbonyl (C=O) groups excluding carboxylic acids is 2. The Bertz CT molecular complexity index is 698. The van der Waals surface area contributed by atoms with Crippen LogP contribution in [0.1, 0.15) is 47.1 Å². The maximum absolute atomic E-state index is 13.7. The van der Waals surface area contributed by atoms with E-state index >= 15 is 0 Å². The van der Waals surface area contributed by atoms with Crippen molar-refractivity contribution in [3.8, 4) is 11.8 Å². The maximum atomic E-state index is 13.7. The Labute approximate surface area is 145 Å². The largest absolute Gasteiger partial charge is 0.506 e. The molecule has 136 valence electrons. The molecule has 0 unspecified atom stereocenters. The number of hydrogen-bond donors (Lipinski definition) is 1. The third-order valence-corrected chi connectivity index (χ3v) is 2.57. The zero-order valence-electron chi connectivity index (χ0n) is 15.0. The lowest BCUT2D eigenvalue weighted by Crippen LogP contribution is -2.44. The minimum absolute atomic E-state index is 0.387. The molecule has 2 amide bonds. The number of nitrogens with zero attached hydrogens (tertiary/aromatic N) is 2. The molecule has 7 nitrogen and oxygen atoms in total. The summed E-state index contributed by atoms with van der Waals surface area (Å²) in [6.45, 7) is 9.45. The molecule has 0 saturated heterocycles. The van der Waals surface area contributed by atoms with E-state index < -0.39 is 46.2 Å². The van der Waals surface area contributed by atoms with Gasteiger partial charge >= 0.3 is 12.2 Å². The summed E-state index contributed by atoms with van der Waals surface area (Å²) in [6, 6.07) is 3.10. The van der Waals surface area contributed by atoms with Gasteiger partial charge in [-0.15, -0.1) is 0 Å². The van der Waals surface area contributed by atoms with Crippen molar-refractivity contribution in [2.75, 3.05) is 4.90 Å². The topological polar surface area (TPSA) is 99.9 Å². The molecule has 0 aliphatic rings. The van der Waals surface area contributed by atoms with E-state index in [0.717, 1.165) is 6.07 Å². The third-order valence-electron chi connectivity index (χ3n) is 2.57. The number of halogens is 1. The van der Waals surface area contributed by atoms with Gasteiger partial charge in [0.2, 0.25) is 0 Å². The summed E-state index contributed by atoms with van der Waals surface area (Å²) < 4.78 is 24.0. The highest BCUT2D eigenvalue weighted by Gasteiger charge is 2.35. The van der Waals surface area contributed by atoms with Crippen molar-refractivity contribution >= 4 is 17.9 Å². The van der Waals surface area contributed by atoms with E-state index in [4.69, 9.17) is 9.47 Å². The second-order valence-corrected chi connectivity index (χ2v) is 7.23. The SMILES string of the molecule is CC(C)(C)OC(=O)N(C(=O)OC(C)(C)C)c1cc(F)cc(O)c1C#N. The van der Waals surface area contributed by atoms with E-state index in [2.05, 4.69) is 0 Å². The molecular weight excluding hydrogens is 331 g/mol. The zero-order valence-corrected chi connectivity index (χ0v) is 15.0. The van der Waals surface area contributed by atoms with E-state index in [0.29, 0.717) is 11.0 Å². The van der Waals surface area contributed by atoms with Gasteiger partial charge in [-0.3, -0.25) is 0 Å². The van der Waals surface area contributed by atoms with Crippen molar-refractivity contribution in [2.45, 2.75) is 52.7 Å². The van der Waals surface area contributed by atoms with Gasteiger partial charge in [-0.25, -0.2) is 14.0 Å². The molecule has 1 rings (SSSR count). The van der Waals surface area contributed by atoms with Crippen LogP contribution in [-0.2, 0) is 9.47 Å². The minimum Gasteiger partial charge on any atom is -0.506 e. The highest BCUT2D eigenvalue weighted by Crippen LogP contribution is 2.31. The molecule has 0 heterocycles. The number of nitriles is 1. The van der Waals surface area contributed by atoms with Crippen LogP contribution in [0.15, 0.2) is 12.1 Å². The second-order valence-electron chi connectivity index (χ2n) is 7.23. The molecule has 25 heavy (non-hydrogen) atoms. The van der Waals surface area contributed by atoms with Gasteiger partial charge in [0.25, 0.3) is 0 Å². The summed E-state index contributed by atoms with van der Waals surface area (Å²) in [4.78, 5) is 25.3. The first-order chi connectivity index (χ1) is 11.2. The van der Waals surface area contributed by atoms with Gasteiger partial charge in [0.15, 0.2) is 0 Å². The Morgan fingerprint density at radius 3 is 1.88 bits per heavy atom. The Morgan fingerprint density at radius 2 is 1.52 bits per heavy atom. The Hall–Kier alpha value is -2.82. The number of aromatic hydroxyl groups is 1. The molecule has 0 spiro atoms. The molecule has 0 saturated carbocycles. The molecule has 0 radical (unpaired) electrons.